The molecule has 0 fully saturated rings. The number of carbonyl (C=O) groups excluding carboxylic acids is 1. The van der Waals surface area contributed by atoms with Gasteiger partial charge in [0.2, 0.25) is 0 Å². The van der Waals surface area contributed by atoms with Crippen LogP contribution in [0.2, 0.25) is 0 Å². The van der Waals surface area contributed by atoms with E-state index in [1.807, 2.05) is 0 Å². The van der Waals surface area contributed by atoms with Crippen molar-refractivity contribution in [1.82, 2.24) is 0 Å². The van der Waals surface area contributed by atoms with Gasteiger partial charge in [-0.15, -0.1) is 0 Å². The van der Waals surface area contributed by atoms with E-state index in [0.29, 0.717) is 23.8 Å². The van der Waals surface area contributed by atoms with E-state index < -0.39 is 46.4 Å². The zero-order chi connectivity index (χ0) is 23.0. The van der Waals surface area contributed by atoms with Crippen LogP contribution in [0.1, 0.15) is 16.7 Å². The number of aliphatic hydroxyl groups excluding tert-OH is 1. The van der Waals surface area contributed by atoms with Crippen LogP contribution in [-0.2, 0) is 15.7 Å². The second-order valence-electron chi connectivity index (χ2n) is 6.92. The second-order valence-corrected chi connectivity index (χ2v) is 6.92. The summed E-state index contributed by atoms with van der Waals surface area (Å²) >= 11 is 0. The highest BCUT2D eigenvalue weighted by Gasteiger charge is 2.33. The number of carbonyl (C=O) groups is 1. The monoisotopic (exact) mass is 444 g/mol. The van der Waals surface area contributed by atoms with E-state index in [9.17, 15) is 31.9 Å². The summed E-state index contributed by atoms with van der Waals surface area (Å²) in [7, 11) is 0. The first-order valence-electron chi connectivity index (χ1n) is 9.24. The SMILES string of the molecule is O=C1O/C(=C\c2cc(C(F)(F)F)ccc2F)C(O)=C1c1ccc(-c2ccccc2)c(F)c1. The van der Waals surface area contributed by atoms with Gasteiger partial charge in [0.1, 0.15) is 17.2 Å². The largest absolute Gasteiger partial charge is 0.504 e. The average molecular weight is 444 g/mol. The van der Waals surface area contributed by atoms with Gasteiger partial charge in [-0.3, -0.25) is 0 Å². The molecule has 8 heteroatoms. The van der Waals surface area contributed by atoms with Crippen molar-refractivity contribution in [2.24, 2.45) is 0 Å². The Hall–Kier alpha value is -3.94. The molecule has 0 saturated carbocycles. The second kappa shape index (κ2) is 7.96. The van der Waals surface area contributed by atoms with Crippen molar-refractivity contribution in [3.05, 3.63) is 107 Å². The number of halogens is 5. The minimum absolute atomic E-state index is 0.00223. The number of esters is 1. The Morgan fingerprint density at radius 1 is 0.844 bits per heavy atom. The summed E-state index contributed by atoms with van der Waals surface area (Å²) in [6.07, 6.45) is -3.94. The summed E-state index contributed by atoms with van der Waals surface area (Å²) in [5, 5.41) is 10.4. The van der Waals surface area contributed by atoms with Gasteiger partial charge in [0.05, 0.1) is 5.56 Å². The number of aliphatic hydroxyl groups is 1. The predicted octanol–water partition coefficient (Wildman–Crippen LogP) is 6.52. The highest BCUT2D eigenvalue weighted by Crippen LogP contribution is 2.36. The molecule has 0 amide bonds. The van der Waals surface area contributed by atoms with E-state index in [1.54, 1.807) is 30.3 Å². The fourth-order valence-corrected chi connectivity index (χ4v) is 3.27. The number of cyclic esters (lactones) is 1. The summed E-state index contributed by atoms with van der Waals surface area (Å²) < 4.78 is 72.3. The minimum atomic E-state index is -4.71. The molecular weight excluding hydrogens is 431 g/mol. The van der Waals surface area contributed by atoms with Gasteiger partial charge < -0.3 is 9.84 Å². The molecule has 0 atom stereocenters. The van der Waals surface area contributed by atoms with Crippen LogP contribution in [0.3, 0.4) is 0 Å². The van der Waals surface area contributed by atoms with Crippen LogP contribution >= 0.6 is 0 Å². The van der Waals surface area contributed by atoms with Crippen LogP contribution < -0.4 is 0 Å². The van der Waals surface area contributed by atoms with E-state index in [4.69, 9.17) is 4.74 Å². The van der Waals surface area contributed by atoms with Gasteiger partial charge >= 0.3 is 12.1 Å². The van der Waals surface area contributed by atoms with Crippen LogP contribution in [0.4, 0.5) is 22.0 Å². The zero-order valence-corrected chi connectivity index (χ0v) is 16.1. The lowest BCUT2D eigenvalue weighted by Gasteiger charge is -2.08. The molecule has 3 aromatic carbocycles. The number of alkyl halides is 3. The van der Waals surface area contributed by atoms with Gasteiger partial charge in [-0.1, -0.05) is 42.5 Å². The molecular formula is C24H13F5O3. The first-order chi connectivity index (χ1) is 15.1. The Morgan fingerprint density at radius 3 is 2.22 bits per heavy atom. The molecule has 0 saturated heterocycles. The van der Waals surface area contributed by atoms with Crippen molar-refractivity contribution in [2.75, 3.05) is 0 Å². The number of hydrogen-bond donors (Lipinski definition) is 1. The third-order valence-electron chi connectivity index (χ3n) is 4.83. The van der Waals surface area contributed by atoms with Crippen molar-refractivity contribution in [3.8, 4) is 11.1 Å². The van der Waals surface area contributed by atoms with E-state index in [1.165, 1.54) is 12.1 Å². The lowest BCUT2D eigenvalue weighted by atomic mass is 9.99. The molecule has 0 radical (unpaired) electrons. The lowest BCUT2D eigenvalue weighted by molar-refractivity contribution is -0.137. The highest BCUT2D eigenvalue weighted by molar-refractivity contribution is 6.21. The molecule has 0 unspecified atom stereocenters. The zero-order valence-electron chi connectivity index (χ0n) is 16.1. The van der Waals surface area contributed by atoms with E-state index >= 15 is 0 Å². The third-order valence-corrected chi connectivity index (χ3v) is 4.83. The maximum absolute atomic E-state index is 14.7. The molecule has 0 bridgehead atoms. The van der Waals surface area contributed by atoms with Gasteiger partial charge in [0, 0.05) is 11.1 Å². The van der Waals surface area contributed by atoms with Crippen molar-refractivity contribution in [1.29, 1.82) is 0 Å². The number of hydrogen-bond acceptors (Lipinski definition) is 3. The van der Waals surface area contributed by atoms with Crippen LogP contribution in [0.5, 0.6) is 0 Å². The van der Waals surface area contributed by atoms with Gasteiger partial charge in [0.25, 0.3) is 0 Å². The Labute approximate surface area is 178 Å². The van der Waals surface area contributed by atoms with Crippen LogP contribution in [0.15, 0.2) is 78.2 Å². The Bertz CT molecular complexity index is 1270. The molecule has 0 spiro atoms. The molecule has 3 nitrogen and oxygen atoms in total. The number of rotatable bonds is 3. The lowest BCUT2D eigenvalue weighted by Crippen LogP contribution is -2.05. The summed E-state index contributed by atoms with van der Waals surface area (Å²) in [4.78, 5) is 12.3. The molecule has 1 N–H and O–H groups in total. The summed E-state index contributed by atoms with van der Waals surface area (Å²) in [5.41, 5.74) is -1.18. The molecule has 3 aromatic rings. The standard InChI is InChI=1S/C24H13F5O3/c25-18-9-7-16(24(27,28)29)10-15(18)12-20-22(30)21(23(31)32-20)14-6-8-17(19(26)11-14)13-4-2-1-3-5-13/h1-12,30H/b20-12-. The molecule has 0 aliphatic carbocycles. The van der Waals surface area contributed by atoms with Crippen LogP contribution in [-0.4, -0.2) is 11.1 Å². The third kappa shape index (κ3) is 3.99. The van der Waals surface area contributed by atoms with Gasteiger partial charge in [0.15, 0.2) is 11.5 Å². The Kier molecular flexibility index (Phi) is 5.30. The van der Waals surface area contributed by atoms with Crippen molar-refractivity contribution >= 4 is 17.6 Å². The summed E-state index contributed by atoms with van der Waals surface area (Å²) in [5.74, 6) is -4.01. The summed E-state index contributed by atoms with van der Waals surface area (Å²) in [6.45, 7) is 0. The van der Waals surface area contributed by atoms with Crippen LogP contribution in [0.25, 0.3) is 22.8 Å². The number of benzene rings is 3. The molecule has 1 aliphatic rings. The van der Waals surface area contributed by atoms with E-state index in [2.05, 4.69) is 0 Å². The summed E-state index contributed by atoms with van der Waals surface area (Å²) in [6, 6.07) is 14.2. The smallest absolute Gasteiger partial charge is 0.416 e. The molecule has 0 aromatic heterocycles. The van der Waals surface area contributed by atoms with Crippen molar-refractivity contribution < 1.29 is 36.6 Å². The molecule has 162 valence electrons. The first-order valence-corrected chi connectivity index (χ1v) is 9.24. The van der Waals surface area contributed by atoms with Crippen molar-refractivity contribution in [2.45, 2.75) is 6.18 Å². The minimum Gasteiger partial charge on any atom is -0.504 e. The van der Waals surface area contributed by atoms with Gasteiger partial charge in [-0.25, -0.2) is 13.6 Å². The first kappa shape index (κ1) is 21.3. The topological polar surface area (TPSA) is 46.5 Å². The molecule has 4 rings (SSSR count). The maximum Gasteiger partial charge on any atom is 0.416 e. The number of ether oxygens (including phenoxy) is 1. The molecule has 32 heavy (non-hydrogen) atoms. The van der Waals surface area contributed by atoms with Crippen LogP contribution in [0, 0.1) is 11.6 Å². The predicted molar refractivity (Wildman–Crippen MR) is 107 cm³/mol. The van der Waals surface area contributed by atoms with Gasteiger partial charge in [-0.2, -0.15) is 13.2 Å². The molecule has 1 aliphatic heterocycles. The fraction of sp³-hybridized carbons (Fsp3) is 0.0417. The molecule has 1 heterocycles. The van der Waals surface area contributed by atoms with E-state index in [0.717, 1.165) is 12.1 Å². The fourth-order valence-electron chi connectivity index (χ4n) is 3.27. The van der Waals surface area contributed by atoms with E-state index in [-0.39, 0.29) is 16.7 Å². The van der Waals surface area contributed by atoms with Crippen molar-refractivity contribution in [3.63, 3.8) is 0 Å². The maximum atomic E-state index is 14.7. The Balaban J connectivity index is 1.74. The Morgan fingerprint density at radius 2 is 1.56 bits per heavy atom. The average Bonchev–Trinajstić information content (AvgIpc) is 3.02. The highest BCUT2D eigenvalue weighted by atomic mass is 19.4. The van der Waals surface area contributed by atoms with Gasteiger partial charge in [-0.05, 0) is 41.5 Å². The quantitative estimate of drug-likeness (QED) is 0.370. The normalized spacial score (nSPS) is 15.4.